The Balaban J connectivity index is 0.834. The number of anilines is 2. The Hall–Kier alpha value is -6.56. The Labute approximate surface area is 357 Å². The molecule has 4 aromatic rings. The normalized spacial score (nSPS) is 20.6. The minimum atomic E-state index is -2.97. The second-order valence-electron chi connectivity index (χ2n) is 16.7. The number of hydrogen-bond acceptors (Lipinski definition) is 11. The quantitative estimate of drug-likeness (QED) is 0.191. The molecule has 3 fully saturated rings. The molecular weight excluding hydrogens is 801 g/mol. The van der Waals surface area contributed by atoms with Gasteiger partial charge in [0.1, 0.15) is 17.6 Å². The van der Waals surface area contributed by atoms with Gasteiger partial charge in [0.15, 0.2) is 5.82 Å². The van der Waals surface area contributed by atoms with Crippen molar-refractivity contribution in [2.24, 2.45) is 11.1 Å². The maximum absolute atomic E-state index is 16.3. The fourth-order valence-electron chi connectivity index (χ4n) is 9.82. The van der Waals surface area contributed by atoms with E-state index in [0.29, 0.717) is 47.9 Å². The molecule has 1 spiro atoms. The number of ether oxygens (including phenoxy) is 1. The molecule has 2 aromatic heterocycles. The summed E-state index contributed by atoms with van der Waals surface area (Å²) >= 11 is 0. The second-order valence-corrected chi connectivity index (χ2v) is 16.7. The number of carbonyl (C=O) groups is 4. The summed E-state index contributed by atoms with van der Waals surface area (Å²) in [5.74, 6) is -3.24. The summed E-state index contributed by atoms with van der Waals surface area (Å²) < 4.78 is 39.7. The molecule has 16 nitrogen and oxygen atoms in total. The van der Waals surface area contributed by atoms with Crippen LogP contribution >= 0.6 is 0 Å². The summed E-state index contributed by atoms with van der Waals surface area (Å²) in [7, 11) is 3.28. The first-order valence-electron chi connectivity index (χ1n) is 20.9. The van der Waals surface area contributed by atoms with E-state index in [4.69, 9.17) is 15.5 Å². The Kier molecular flexibility index (Phi) is 10.4. The number of primary amides is 1. The predicted molar refractivity (Wildman–Crippen MR) is 227 cm³/mol. The molecule has 7 heterocycles. The van der Waals surface area contributed by atoms with E-state index in [2.05, 4.69) is 32.0 Å². The first kappa shape index (κ1) is 40.8. The minimum absolute atomic E-state index is 0.111. The van der Waals surface area contributed by atoms with E-state index >= 15 is 8.78 Å². The Morgan fingerprint density at radius 1 is 0.984 bits per heavy atom. The number of rotatable bonds is 9. The lowest BCUT2D eigenvalue weighted by Gasteiger charge is -2.51. The number of nitrogens with zero attached hydrogens (tertiary/aromatic N) is 7. The fraction of sp³-hybridized carbons (Fsp3) is 0.409. The van der Waals surface area contributed by atoms with Crippen LogP contribution in [0.2, 0.25) is 0 Å². The van der Waals surface area contributed by atoms with Crippen molar-refractivity contribution in [3.8, 4) is 17.0 Å². The number of piperidine rings is 2. The van der Waals surface area contributed by atoms with Crippen LogP contribution in [0, 0.1) is 12.3 Å². The molecule has 5 aliphatic heterocycles. The predicted octanol–water partition coefficient (Wildman–Crippen LogP) is 4.08. The molecule has 9 rings (SSSR count). The zero-order valence-corrected chi connectivity index (χ0v) is 34.8. The van der Waals surface area contributed by atoms with E-state index in [1.165, 1.54) is 18.2 Å². The maximum atomic E-state index is 16.3. The maximum Gasteiger partial charge on any atom is 0.328 e. The van der Waals surface area contributed by atoms with Crippen LogP contribution in [0.5, 0.6) is 5.75 Å². The van der Waals surface area contributed by atoms with Crippen molar-refractivity contribution >= 4 is 40.8 Å². The topological polar surface area (TPSA) is 183 Å². The lowest BCUT2D eigenvalue weighted by Crippen LogP contribution is -2.59. The number of hydrogen-bond donors (Lipinski definition) is 4. The number of alkyl halides is 2. The van der Waals surface area contributed by atoms with E-state index < -0.39 is 23.3 Å². The van der Waals surface area contributed by atoms with Gasteiger partial charge in [-0.2, -0.15) is 0 Å². The first-order chi connectivity index (χ1) is 29.8. The molecule has 1 unspecified atom stereocenters. The number of aromatic nitrogens is 3. The van der Waals surface area contributed by atoms with Gasteiger partial charge in [0.25, 0.3) is 17.7 Å². The van der Waals surface area contributed by atoms with Gasteiger partial charge in [0.2, 0.25) is 5.91 Å². The molecule has 324 valence electrons. The molecule has 3 saturated heterocycles. The number of likely N-dealkylation sites (tertiary alicyclic amines) is 2. The average molecular weight is 850 g/mol. The number of carbonyl (C=O) groups excluding carboxylic acids is 4. The Bertz CT molecular complexity index is 2500. The molecule has 1 atom stereocenters. The van der Waals surface area contributed by atoms with E-state index in [0.717, 1.165) is 46.7 Å². The van der Waals surface area contributed by atoms with Gasteiger partial charge in [-0.3, -0.25) is 39.9 Å². The molecule has 0 radical (unpaired) electrons. The van der Waals surface area contributed by atoms with Gasteiger partial charge in [-0.05, 0) is 86.2 Å². The van der Waals surface area contributed by atoms with Crippen LogP contribution in [0.3, 0.4) is 0 Å². The monoisotopic (exact) mass is 849 g/mol. The molecule has 2 aromatic carbocycles. The van der Waals surface area contributed by atoms with Crippen LogP contribution < -0.4 is 36.3 Å². The number of imide groups is 1. The van der Waals surface area contributed by atoms with Crippen molar-refractivity contribution in [1.29, 1.82) is 0 Å². The zero-order chi connectivity index (χ0) is 43.5. The summed E-state index contributed by atoms with van der Waals surface area (Å²) in [5.41, 5.74) is 15.0. The summed E-state index contributed by atoms with van der Waals surface area (Å²) in [6.45, 7) is 3.46. The van der Waals surface area contributed by atoms with Crippen molar-refractivity contribution in [3.05, 3.63) is 94.7 Å². The summed E-state index contributed by atoms with van der Waals surface area (Å²) in [6.07, 6.45) is 6.52. The number of urea groups is 1. The summed E-state index contributed by atoms with van der Waals surface area (Å²) in [4.78, 5) is 66.6. The van der Waals surface area contributed by atoms with Gasteiger partial charge in [-0.25, -0.2) is 23.2 Å². The van der Waals surface area contributed by atoms with Crippen LogP contribution in [-0.2, 0) is 17.8 Å². The molecule has 18 heteroatoms. The molecule has 0 bridgehead atoms. The molecule has 62 heavy (non-hydrogen) atoms. The SMILES string of the molecule is CNC1=CC(N2CCc3c(-c4ccc(CN5CCC6(CCN(C(=O)c7cc(C)c(OC)c(N8CCC(=O)NC8=O)c7)CC6)C(F)(F)C5)cn4)cccc32)Nn2c(C(N)=O)cnc21. The number of imidazole rings is 1. The largest absolute Gasteiger partial charge is 0.494 e. The highest BCUT2D eigenvalue weighted by Crippen LogP contribution is 2.51. The van der Waals surface area contributed by atoms with Crippen LogP contribution in [0.25, 0.3) is 17.0 Å². The van der Waals surface area contributed by atoms with Gasteiger partial charge < -0.3 is 25.6 Å². The standard InChI is InChI=1S/C44H49F2N11O5/c1-26-19-28(20-34(38(26)62-3)56-15-10-37(58)51-42(56)61)41(60)54-17-12-43(13-18-54)11-16-53(25-44(43,45)46)24-27-7-8-31(49-22-27)29-5-4-6-33-30(29)9-14-55(33)36-21-32(48-2)40-50-23-35(39(47)59)57(40)52-36/h4-8,19-23,36,48,52H,9-18,24-25H2,1-3H3,(H2,47,59)(H,51,58,61). The highest BCUT2D eigenvalue weighted by molar-refractivity contribution is 6.07. The van der Waals surface area contributed by atoms with Gasteiger partial charge in [0.05, 0.1) is 36.9 Å². The fourth-order valence-corrected chi connectivity index (χ4v) is 9.82. The minimum Gasteiger partial charge on any atom is -0.494 e. The van der Waals surface area contributed by atoms with Gasteiger partial charge in [0, 0.05) is 74.6 Å². The highest BCUT2D eigenvalue weighted by atomic mass is 19.3. The van der Waals surface area contributed by atoms with E-state index in [9.17, 15) is 19.2 Å². The van der Waals surface area contributed by atoms with Crippen molar-refractivity contribution in [3.63, 3.8) is 0 Å². The molecule has 0 aliphatic carbocycles. The first-order valence-corrected chi connectivity index (χ1v) is 20.9. The molecule has 0 saturated carbocycles. The lowest BCUT2D eigenvalue weighted by molar-refractivity contribution is -0.186. The lowest BCUT2D eigenvalue weighted by atomic mass is 9.68. The number of benzene rings is 2. The van der Waals surface area contributed by atoms with Crippen LogP contribution in [-0.4, -0.2) is 114 Å². The third-order valence-corrected chi connectivity index (χ3v) is 13.2. The molecular formula is C44H49F2N11O5. The zero-order valence-electron chi connectivity index (χ0n) is 34.8. The van der Waals surface area contributed by atoms with Crippen LogP contribution in [0.15, 0.2) is 60.9 Å². The van der Waals surface area contributed by atoms with E-state index in [1.807, 2.05) is 30.3 Å². The number of halogens is 2. The van der Waals surface area contributed by atoms with E-state index in [1.54, 1.807) is 46.8 Å². The van der Waals surface area contributed by atoms with Crippen molar-refractivity contribution in [2.75, 3.05) is 68.7 Å². The van der Waals surface area contributed by atoms with Crippen molar-refractivity contribution in [2.45, 2.75) is 57.7 Å². The molecule has 5 aliphatic rings. The van der Waals surface area contributed by atoms with Crippen molar-refractivity contribution < 1.29 is 32.7 Å². The number of nitrogens with one attached hydrogen (secondary N) is 3. The number of aryl methyl sites for hydroxylation is 1. The second kappa shape index (κ2) is 15.7. The van der Waals surface area contributed by atoms with Crippen LogP contribution in [0.4, 0.5) is 25.0 Å². The number of pyridine rings is 1. The summed E-state index contributed by atoms with van der Waals surface area (Å²) in [6, 6.07) is 12.7. The molecule has 5 N–H and O–H groups in total. The Morgan fingerprint density at radius 3 is 2.47 bits per heavy atom. The number of fused-ring (bicyclic) bond motifs is 2. The van der Waals surface area contributed by atoms with Crippen molar-refractivity contribution in [1.82, 2.24) is 35.1 Å². The third kappa shape index (κ3) is 7.04. The number of amides is 5. The van der Waals surface area contributed by atoms with Gasteiger partial charge >= 0.3 is 6.03 Å². The number of methoxy groups -OCH3 is 1. The molecule has 5 amide bonds. The van der Waals surface area contributed by atoms with Gasteiger partial charge in [-0.15, -0.1) is 0 Å². The number of nitrogens with two attached hydrogens (primary N) is 1. The smallest absolute Gasteiger partial charge is 0.328 e. The average Bonchev–Trinajstić information content (AvgIpc) is 3.90. The summed E-state index contributed by atoms with van der Waals surface area (Å²) in [5, 5.41) is 5.48. The third-order valence-electron chi connectivity index (χ3n) is 13.2. The van der Waals surface area contributed by atoms with Crippen LogP contribution in [0.1, 0.15) is 69.0 Å². The highest BCUT2D eigenvalue weighted by Gasteiger charge is 2.57. The van der Waals surface area contributed by atoms with E-state index in [-0.39, 0.29) is 69.1 Å². The van der Waals surface area contributed by atoms with Gasteiger partial charge in [-0.1, -0.05) is 18.2 Å². The Morgan fingerprint density at radius 2 is 1.77 bits per heavy atom.